The molecule has 0 saturated heterocycles. The fourth-order valence-electron chi connectivity index (χ4n) is 1.52. The number of hydrogen-bond donors (Lipinski definition) is 1. The minimum Gasteiger partial charge on any atom is -0.379 e. The number of hydrogen-bond acceptors (Lipinski definition) is 7. The maximum atomic E-state index is 11.3. The Hall–Kier alpha value is -0.670. The predicted molar refractivity (Wildman–Crippen MR) is 94.6 cm³/mol. The third-order valence-corrected chi connectivity index (χ3v) is 3.43. The molecule has 0 aliphatic heterocycles. The number of ketones is 1. The first kappa shape index (κ1) is 23.3. The highest BCUT2D eigenvalue weighted by atomic mass is 32.2. The molecule has 7 nitrogen and oxygen atoms in total. The summed E-state index contributed by atoms with van der Waals surface area (Å²) < 4.78 is 21.2. The van der Waals surface area contributed by atoms with Crippen LogP contribution in [0.5, 0.6) is 0 Å². The van der Waals surface area contributed by atoms with Crippen LogP contribution < -0.4 is 5.32 Å². The zero-order valence-corrected chi connectivity index (χ0v) is 15.7. The van der Waals surface area contributed by atoms with Gasteiger partial charge in [-0.1, -0.05) is 0 Å². The summed E-state index contributed by atoms with van der Waals surface area (Å²) in [5.41, 5.74) is 0. The molecule has 0 aliphatic rings. The quantitative estimate of drug-likeness (QED) is 0.361. The van der Waals surface area contributed by atoms with Gasteiger partial charge in [-0.15, -0.1) is 0 Å². The van der Waals surface area contributed by atoms with Gasteiger partial charge < -0.3 is 24.3 Å². The van der Waals surface area contributed by atoms with Gasteiger partial charge in [0.25, 0.3) is 0 Å². The van der Waals surface area contributed by atoms with Crippen LogP contribution >= 0.6 is 11.8 Å². The molecule has 0 spiro atoms. The molecule has 0 radical (unpaired) electrons. The van der Waals surface area contributed by atoms with Gasteiger partial charge in [-0.25, -0.2) is 0 Å². The molecule has 142 valence electrons. The minimum atomic E-state index is 0.0617. The van der Waals surface area contributed by atoms with Crippen molar-refractivity contribution in [3.05, 3.63) is 0 Å². The Labute approximate surface area is 149 Å². The molecule has 0 aromatic rings. The van der Waals surface area contributed by atoms with E-state index >= 15 is 0 Å². The molecule has 24 heavy (non-hydrogen) atoms. The van der Waals surface area contributed by atoms with Gasteiger partial charge in [0.15, 0.2) is 0 Å². The molecule has 0 rings (SSSR count). The lowest BCUT2D eigenvalue weighted by Crippen LogP contribution is -2.27. The van der Waals surface area contributed by atoms with E-state index in [0.717, 1.165) is 5.75 Å². The van der Waals surface area contributed by atoms with Gasteiger partial charge in [0.2, 0.25) is 5.91 Å². The number of carbonyl (C=O) groups is 2. The number of carbonyl (C=O) groups excluding carboxylic acids is 2. The van der Waals surface area contributed by atoms with Crippen molar-refractivity contribution in [2.45, 2.75) is 19.8 Å². The molecule has 0 fully saturated rings. The van der Waals surface area contributed by atoms with E-state index in [2.05, 4.69) is 5.32 Å². The van der Waals surface area contributed by atoms with Gasteiger partial charge >= 0.3 is 0 Å². The second-order valence-corrected chi connectivity index (χ2v) is 5.98. The van der Waals surface area contributed by atoms with Gasteiger partial charge in [0.1, 0.15) is 5.78 Å². The molecule has 1 N–H and O–H groups in total. The van der Waals surface area contributed by atoms with Crippen LogP contribution in [0.25, 0.3) is 0 Å². The van der Waals surface area contributed by atoms with Crippen LogP contribution in [0.3, 0.4) is 0 Å². The van der Waals surface area contributed by atoms with E-state index in [1.165, 1.54) is 0 Å². The monoisotopic (exact) mass is 365 g/mol. The van der Waals surface area contributed by atoms with Crippen molar-refractivity contribution in [3.63, 3.8) is 0 Å². The number of rotatable bonds is 18. The smallest absolute Gasteiger partial charge is 0.220 e. The normalized spacial score (nSPS) is 10.8. The summed E-state index contributed by atoms with van der Waals surface area (Å²) in [6.07, 6.45) is 2.97. The van der Waals surface area contributed by atoms with Crippen molar-refractivity contribution in [1.29, 1.82) is 0 Å². The lowest BCUT2D eigenvalue weighted by Gasteiger charge is -2.08. The molecule has 0 unspecified atom stereocenters. The largest absolute Gasteiger partial charge is 0.379 e. The van der Waals surface area contributed by atoms with E-state index in [0.29, 0.717) is 72.2 Å². The Morgan fingerprint density at radius 3 is 1.79 bits per heavy atom. The van der Waals surface area contributed by atoms with Crippen molar-refractivity contribution < 1.29 is 28.5 Å². The highest BCUT2D eigenvalue weighted by molar-refractivity contribution is 7.98. The fourth-order valence-corrected chi connectivity index (χ4v) is 1.91. The zero-order valence-electron chi connectivity index (χ0n) is 14.8. The molecule has 0 bridgehead atoms. The predicted octanol–water partition coefficient (Wildman–Crippen LogP) is 0.901. The van der Waals surface area contributed by atoms with Gasteiger partial charge in [-0.3, -0.25) is 9.59 Å². The highest BCUT2D eigenvalue weighted by Gasteiger charge is 1.99. The van der Waals surface area contributed by atoms with E-state index in [9.17, 15) is 9.59 Å². The van der Waals surface area contributed by atoms with Crippen LogP contribution in [0.15, 0.2) is 0 Å². The Balaban J connectivity index is 3.07. The molecule has 0 atom stereocenters. The maximum Gasteiger partial charge on any atom is 0.220 e. The highest BCUT2D eigenvalue weighted by Crippen LogP contribution is 1.94. The van der Waals surface area contributed by atoms with E-state index in [4.69, 9.17) is 18.9 Å². The lowest BCUT2D eigenvalue weighted by molar-refractivity contribution is -0.121. The summed E-state index contributed by atoms with van der Waals surface area (Å²) in [5, 5.41) is 2.79. The third-order valence-electron chi connectivity index (χ3n) is 2.82. The first-order chi connectivity index (χ1) is 11.7. The first-order valence-corrected chi connectivity index (χ1v) is 9.62. The zero-order chi connectivity index (χ0) is 17.9. The van der Waals surface area contributed by atoms with Crippen LogP contribution in [0.4, 0.5) is 0 Å². The summed E-state index contributed by atoms with van der Waals surface area (Å²) in [6, 6.07) is 0. The van der Waals surface area contributed by atoms with Crippen LogP contribution in [-0.2, 0) is 28.5 Å². The number of amides is 1. The SMILES string of the molecule is CSCCC(=O)NCCOCCOCCOCCOCCC(C)=O. The van der Waals surface area contributed by atoms with Crippen molar-refractivity contribution >= 4 is 23.5 Å². The van der Waals surface area contributed by atoms with Crippen molar-refractivity contribution in [1.82, 2.24) is 5.32 Å². The summed E-state index contributed by atoms with van der Waals surface area (Å²) in [5.74, 6) is 1.03. The Morgan fingerprint density at radius 1 is 0.792 bits per heavy atom. The van der Waals surface area contributed by atoms with E-state index < -0.39 is 0 Å². The molecule has 0 saturated carbocycles. The lowest BCUT2D eigenvalue weighted by atomic mass is 10.3. The summed E-state index contributed by atoms with van der Waals surface area (Å²) in [7, 11) is 0. The first-order valence-electron chi connectivity index (χ1n) is 8.23. The van der Waals surface area contributed by atoms with E-state index in [-0.39, 0.29) is 11.7 Å². The summed E-state index contributed by atoms with van der Waals surface area (Å²) >= 11 is 1.66. The molecular formula is C16H31NO6S. The molecule has 0 aliphatic carbocycles. The number of thioether (sulfide) groups is 1. The summed E-state index contributed by atoms with van der Waals surface area (Å²) in [4.78, 5) is 22.0. The van der Waals surface area contributed by atoms with Crippen molar-refractivity contribution in [2.75, 3.05) is 71.4 Å². The maximum absolute atomic E-state index is 11.3. The van der Waals surface area contributed by atoms with Crippen molar-refractivity contribution in [2.24, 2.45) is 0 Å². The molecule has 0 aromatic carbocycles. The van der Waals surface area contributed by atoms with Crippen molar-refractivity contribution in [3.8, 4) is 0 Å². The van der Waals surface area contributed by atoms with Crippen LogP contribution in [-0.4, -0.2) is 83.1 Å². The minimum absolute atomic E-state index is 0.0617. The average molecular weight is 365 g/mol. The standard InChI is InChI=1S/C16H31NO6S/c1-15(18)3-6-20-8-10-22-12-13-23-11-9-21-7-5-17-16(19)4-14-24-2/h3-14H2,1-2H3,(H,17,19). The van der Waals surface area contributed by atoms with E-state index in [1.54, 1.807) is 18.7 Å². The van der Waals surface area contributed by atoms with Gasteiger partial charge in [-0.05, 0) is 13.2 Å². The third kappa shape index (κ3) is 19.4. The topological polar surface area (TPSA) is 83.1 Å². The Kier molecular flexibility index (Phi) is 18.1. The van der Waals surface area contributed by atoms with Crippen LogP contribution in [0.1, 0.15) is 19.8 Å². The number of nitrogens with one attached hydrogen (secondary N) is 1. The second-order valence-electron chi connectivity index (χ2n) is 4.99. The summed E-state index contributed by atoms with van der Waals surface area (Å²) in [6.45, 7) is 5.99. The van der Waals surface area contributed by atoms with Crippen LogP contribution in [0, 0.1) is 0 Å². The fraction of sp³-hybridized carbons (Fsp3) is 0.875. The van der Waals surface area contributed by atoms with Gasteiger partial charge in [-0.2, -0.15) is 11.8 Å². The molecule has 0 heterocycles. The Morgan fingerprint density at radius 2 is 1.29 bits per heavy atom. The number of Topliss-reactive ketones (excluding diaryl/α,β-unsaturated/α-hetero) is 1. The van der Waals surface area contributed by atoms with Gasteiger partial charge in [0.05, 0.1) is 52.9 Å². The second kappa shape index (κ2) is 18.7. The van der Waals surface area contributed by atoms with Gasteiger partial charge in [0, 0.05) is 25.1 Å². The molecular weight excluding hydrogens is 334 g/mol. The van der Waals surface area contributed by atoms with Crippen LogP contribution in [0.2, 0.25) is 0 Å². The molecule has 1 amide bonds. The number of ether oxygens (including phenoxy) is 4. The molecule has 0 aromatic heterocycles. The Bertz CT molecular complexity index is 317. The average Bonchev–Trinajstić information content (AvgIpc) is 2.56. The van der Waals surface area contributed by atoms with E-state index in [1.807, 2.05) is 6.26 Å². The molecule has 8 heteroatoms.